The molecule has 1 aromatic carbocycles. The zero-order chi connectivity index (χ0) is 21.1. The summed E-state index contributed by atoms with van der Waals surface area (Å²) in [6.45, 7) is 6.19. The number of likely N-dealkylation sites (tertiary alicyclic amines) is 1. The molecule has 0 atom stereocenters. The highest BCUT2D eigenvalue weighted by atomic mass is 35.5. The summed E-state index contributed by atoms with van der Waals surface area (Å²) in [5.74, 6) is 1.70. The van der Waals surface area contributed by atoms with Gasteiger partial charge in [0.15, 0.2) is 5.82 Å². The molecule has 3 heterocycles. The zero-order valence-electron chi connectivity index (χ0n) is 17.0. The maximum Gasteiger partial charge on any atom is 0.225 e. The fourth-order valence-electron chi connectivity index (χ4n) is 3.64. The maximum absolute atomic E-state index is 14.2. The number of hydrogen-bond acceptors (Lipinski definition) is 6. The van der Waals surface area contributed by atoms with Crippen molar-refractivity contribution in [3.05, 3.63) is 58.1 Å². The van der Waals surface area contributed by atoms with Gasteiger partial charge < -0.3 is 10.6 Å². The summed E-state index contributed by atoms with van der Waals surface area (Å²) in [6.07, 6.45) is 1.86. The molecule has 1 fully saturated rings. The van der Waals surface area contributed by atoms with Crippen LogP contribution in [0, 0.1) is 19.7 Å². The van der Waals surface area contributed by atoms with Gasteiger partial charge >= 0.3 is 0 Å². The van der Waals surface area contributed by atoms with Crippen molar-refractivity contribution in [2.45, 2.75) is 39.3 Å². The van der Waals surface area contributed by atoms with E-state index in [9.17, 15) is 4.39 Å². The average molecular weight is 430 g/mol. The van der Waals surface area contributed by atoms with Gasteiger partial charge in [-0.3, -0.25) is 10.00 Å². The van der Waals surface area contributed by atoms with Crippen molar-refractivity contribution in [2.75, 3.05) is 23.7 Å². The Balaban J connectivity index is 1.34. The molecule has 3 aromatic rings. The van der Waals surface area contributed by atoms with Crippen LogP contribution in [-0.4, -0.2) is 44.2 Å². The van der Waals surface area contributed by atoms with Gasteiger partial charge in [0.25, 0.3) is 0 Å². The van der Waals surface area contributed by atoms with Crippen LogP contribution in [0.25, 0.3) is 0 Å². The summed E-state index contributed by atoms with van der Waals surface area (Å²) in [4.78, 5) is 11.3. The Hall–Kier alpha value is -2.71. The molecule has 1 saturated heterocycles. The third-order valence-corrected chi connectivity index (χ3v) is 5.45. The van der Waals surface area contributed by atoms with E-state index in [-0.39, 0.29) is 16.9 Å². The molecule has 0 unspecified atom stereocenters. The first kappa shape index (κ1) is 20.6. The molecule has 0 bridgehead atoms. The minimum Gasteiger partial charge on any atom is -0.351 e. The zero-order valence-corrected chi connectivity index (χ0v) is 17.8. The van der Waals surface area contributed by atoms with E-state index in [2.05, 4.69) is 35.7 Å². The monoisotopic (exact) mass is 429 g/mol. The Kier molecular flexibility index (Phi) is 6.15. The topological polar surface area (TPSA) is 81.8 Å². The van der Waals surface area contributed by atoms with E-state index in [4.69, 9.17) is 11.6 Å². The molecule has 0 spiro atoms. The van der Waals surface area contributed by atoms with Crippen molar-refractivity contribution in [1.82, 2.24) is 25.1 Å². The van der Waals surface area contributed by atoms with Gasteiger partial charge in [0, 0.05) is 54.8 Å². The molecule has 1 aliphatic rings. The predicted octanol–water partition coefficient (Wildman–Crippen LogP) is 4.43. The Morgan fingerprint density at radius 2 is 1.97 bits per heavy atom. The SMILES string of the molecule is Cc1cc(Nc2cc(C)[nH]n2)nc(NC2CCN(Cc3cccc(Cl)c3F)CC2)n1. The summed E-state index contributed by atoms with van der Waals surface area (Å²) in [7, 11) is 0. The molecule has 2 aromatic heterocycles. The van der Waals surface area contributed by atoms with Crippen LogP contribution in [-0.2, 0) is 6.54 Å². The van der Waals surface area contributed by atoms with Crippen LogP contribution in [0.2, 0.25) is 5.02 Å². The van der Waals surface area contributed by atoms with E-state index >= 15 is 0 Å². The second-order valence-electron chi connectivity index (χ2n) is 7.69. The molecule has 158 valence electrons. The predicted molar refractivity (Wildman–Crippen MR) is 117 cm³/mol. The van der Waals surface area contributed by atoms with Crippen molar-refractivity contribution < 1.29 is 4.39 Å². The first-order chi connectivity index (χ1) is 14.5. The highest BCUT2D eigenvalue weighted by Gasteiger charge is 2.21. The normalized spacial score (nSPS) is 15.3. The quantitative estimate of drug-likeness (QED) is 0.537. The average Bonchev–Trinajstić information content (AvgIpc) is 3.11. The van der Waals surface area contributed by atoms with Crippen molar-refractivity contribution in [3.8, 4) is 0 Å². The number of rotatable bonds is 6. The summed E-state index contributed by atoms with van der Waals surface area (Å²) in [5, 5.41) is 13.9. The van der Waals surface area contributed by atoms with Gasteiger partial charge in [0.2, 0.25) is 5.95 Å². The number of aryl methyl sites for hydroxylation is 2. The lowest BCUT2D eigenvalue weighted by Crippen LogP contribution is -2.39. The van der Waals surface area contributed by atoms with Crippen LogP contribution in [0.4, 0.5) is 22.0 Å². The number of nitrogens with one attached hydrogen (secondary N) is 3. The van der Waals surface area contributed by atoms with Gasteiger partial charge in [-0.05, 0) is 32.8 Å². The first-order valence-corrected chi connectivity index (χ1v) is 10.4. The minimum atomic E-state index is -0.320. The molecule has 7 nitrogen and oxygen atoms in total. The first-order valence-electron chi connectivity index (χ1n) is 10.0. The third-order valence-electron chi connectivity index (χ3n) is 5.16. The molecule has 0 saturated carbocycles. The summed E-state index contributed by atoms with van der Waals surface area (Å²) < 4.78 is 14.2. The largest absolute Gasteiger partial charge is 0.351 e. The number of aromatic amines is 1. The van der Waals surface area contributed by atoms with Gasteiger partial charge in [0.1, 0.15) is 11.6 Å². The number of halogens is 2. The van der Waals surface area contributed by atoms with Crippen molar-refractivity contribution in [2.24, 2.45) is 0 Å². The van der Waals surface area contributed by atoms with E-state index in [0.717, 1.165) is 43.1 Å². The lowest BCUT2D eigenvalue weighted by molar-refractivity contribution is 0.208. The Labute approximate surface area is 180 Å². The molecule has 3 N–H and O–H groups in total. The number of benzene rings is 1. The van der Waals surface area contributed by atoms with Gasteiger partial charge in [-0.15, -0.1) is 0 Å². The fourth-order valence-corrected chi connectivity index (χ4v) is 3.83. The van der Waals surface area contributed by atoms with Crippen LogP contribution in [0.1, 0.15) is 29.8 Å². The molecule has 0 amide bonds. The summed E-state index contributed by atoms with van der Waals surface area (Å²) >= 11 is 5.89. The minimum absolute atomic E-state index is 0.176. The van der Waals surface area contributed by atoms with E-state index < -0.39 is 0 Å². The Morgan fingerprint density at radius 1 is 1.17 bits per heavy atom. The second kappa shape index (κ2) is 8.97. The third kappa shape index (κ3) is 5.06. The van der Waals surface area contributed by atoms with Gasteiger partial charge in [-0.1, -0.05) is 23.7 Å². The molecule has 0 aliphatic carbocycles. The van der Waals surface area contributed by atoms with E-state index in [1.54, 1.807) is 18.2 Å². The molecule has 9 heteroatoms. The molecular weight excluding hydrogens is 405 g/mol. The van der Waals surface area contributed by atoms with Crippen molar-refractivity contribution >= 4 is 29.2 Å². The Morgan fingerprint density at radius 3 is 2.70 bits per heavy atom. The summed E-state index contributed by atoms with van der Waals surface area (Å²) in [6, 6.07) is 9.24. The van der Waals surface area contributed by atoms with Gasteiger partial charge in [-0.2, -0.15) is 10.1 Å². The van der Waals surface area contributed by atoms with Crippen LogP contribution in [0.5, 0.6) is 0 Å². The molecule has 30 heavy (non-hydrogen) atoms. The van der Waals surface area contributed by atoms with E-state index in [1.165, 1.54) is 0 Å². The standard InChI is InChI=1S/C21H25ClFN7/c1-13-10-18(26-19-11-14(2)28-29-19)27-21(24-13)25-16-6-8-30(9-7-16)12-15-4-3-5-17(22)20(15)23/h3-5,10-11,16H,6-9,12H2,1-2H3,(H3,24,25,26,27,28,29). The number of piperidine rings is 1. The highest BCUT2D eigenvalue weighted by Crippen LogP contribution is 2.22. The number of hydrogen-bond donors (Lipinski definition) is 3. The van der Waals surface area contributed by atoms with E-state index in [1.807, 2.05) is 26.0 Å². The fraction of sp³-hybridized carbons (Fsp3) is 0.381. The molecule has 0 radical (unpaired) electrons. The highest BCUT2D eigenvalue weighted by molar-refractivity contribution is 6.30. The number of H-pyrrole nitrogens is 1. The molecular formula is C21H25ClFN7. The number of aromatic nitrogens is 4. The number of nitrogens with zero attached hydrogens (tertiary/aromatic N) is 4. The number of anilines is 3. The second-order valence-corrected chi connectivity index (χ2v) is 8.09. The van der Waals surface area contributed by atoms with Crippen LogP contribution >= 0.6 is 11.6 Å². The smallest absolute Gasteiger partial charge is 0.225 e. The van der Waals surface area contributed by atoms with Crippen LogP contribution < -0.4 is 10.6 Å². The molecule has 4 rings (SSSR count). The van der Waals surface area contributed by atoms with Crippen LogP contribution in [0.3, 0.4) is 0 Å². The van der Waals surface area contributed by atoms with Crippen LogP contribution in [0.15, 0.2) is 30.3 Å². The Bertz CT molecular complexity index is 1010. The summed E-state index contributed by atoms with van der Waals surface area (Å²) in [5.41, 5.74) is 2.49. The van der Waals surface area contributed by atoms with Gasteiger partial charge in [-0.25, -0.2) is 9.37 Å². The maximum atomic E-state index is 14.2. The lowest BCUT2D eigenvalue weighted by Gasteiger charge is -2.32. The van der Waals surface area contributed by atoms with Crippen molar-refractivity contribution in [3.63, 3.8) is 0 Å². The lowest BCUT2D eigenvalue weighted by atomic mass is 10.0. The van der Waals surface area contributed by atoms with E-state index in [0.29, 0.717) is 23.9 Å². The van der Waals surface area contributed by atoms with Gasteiger partial charge in [0.05, 0.1) is 5.02 Å². The van der Waals surface area contributed by atoms with Crippen molar-refractivity contribution in [1.29, 1.82) is 0 Å². The molecule has 1 aliphatic heterocycles.